The third kappa shape index (κ3) is 4.36. The average Bonchev–Trinajstić information content (AvgIpc) is 3.52. The Morgan fingerprint density at radius 1 is 1.17 bits per heavy atom. The van der Waals surface area contributed by atoms with Gasteiger partial charge in [0.25, 0.3) is 0 Å². The molecule has 30 heavy (non-hydrogen) atoms. The van der Waals surface area contributed by atoms with Gasteiger partial charge in [-0.3, -0.25) is 14.4 Å². The topological polar surface area (TPSA) is 38.1 Å². The number of carbonyl (C=O) groups excluding carboxylic acids is 1. The first-order valence-corrected chi connectivity index (χ1v) is 10.4. The van der Waals surface area contributed by atoms with Crippen molar-refractivity contribution in [2.24, 2.45) is 0 Å². The predicted octanol–water partition coefficient (Wildman–Crippen LogP) is 5.34. The number of hydrogen-bond acceptors (Lipinski definition) is 2. The Morgan fingerprint density at radius 3 is 2.67 bits per heavy atom. The normalized spacial score (nSPS) is 13.5. The molecule has 150 valence electrons. The predicted molar refractivity (Wildman–Crippen MR) is 121 cm³/mol. The van der Waals surface area contributed by atoms with Gasteiger partial charge in [-0.2, -0.15) is 5.10 Å². The maximum absolute atomic E-state index is 11.8. The van der Waals surface area contributed by atoms with Crippen LogP contribution >= 0.6 is 0 Å². The summed E-state index contributed by atoms with van der Waals surface area (Å²) >= 11 is 0. The first-order valence-electron chi connectivity index (χ1n) is 10.4. The van der Waals surface area contributed by atoms with Crippen molar-refractivity contribution in [1.29, 1.82) is 0 Å². The lowest BCUT2D eigenvalue weighted by Crippen LogP contribution is -2.19. The van der Waals surface area contributed by atoms with Gasteiger partial charge in [0.1, 0.15) is 0 Å². The quantitative estimate of drug-likeness (QED) is 0.417. The Labute approximate surface area is 177 Å². The lowest BCUT2D eigenvalue weighted by atomic mass is 10.0. The van der Waals surface area contributed by atoms with Crippen LogP contribution < -0.4 is 4.90 Å². The van der Waals surface area contributed by atoms with Crippen LogP contribution in [0.1, 0.15) is 54.5 Å². The minimum Gasteiger partial charge on any atom is -0.287 e. The van der Waals surface area contributed by atoms with Gasteiger partial charge < -0.3 is 0 Å². The second-order valence-corrected chi connectivity index (χ2v) is 7.51. The number of allylic oxidation sites excluding steroid dienone is 1. The number of carbonyl (C=O) groups is 1. The van der Waals surface area contributed by atoms with Crippen molar-refractivity contribution >= 4 is 18.2 Å². The summed E-state index contributed by atoms with van der Waals surface area (Å²) in [5, 5.41) is 4.40. The fourth-order valence-electron chi connectivity index (χ4n) is 3.43. The number of aromatic nitrogens is 2. The number of amides is 1. The average molecular weight is 396 g/mol. The zero-order valence-electron chi connectivity index (χ0n) is 17.4. The first-order chi connectivity index (χ1) is 14.7. The Balaban J connectivity index is 1.63. The standard InChI is InChI=1S/C26H25N3O/c1-3-24(28(19-30)25-10-5-4-6-11-25)16-23-9-7-8-22(20(23)2)13-12-21-17-27-29(18-21)26-14-15-26/h4-11,16-19,26H,3,14-15H2,1-2H3/b24-16-. The highest BCUT2D eigenvalue weighted by Crippen LogP contribution is 2.33. The molecule has 0 bridgehead atoms. The molecule has 0 N–H and O–H groups in total. The van der Waals surface area contributed by atoms with E-state index in [1.807, 2.05) is 59.5 Å². The van der Waals surface area contributed by atoms with Crippen molar-refractivity contribution in [1.82, 2.24) is 9.78 Å². The summed E-state index contributed by atoms with van der Waals surface area (Å²) in [4.78, 5) is 13.5. The molecule has 4 heteroatoms. The van der Waals surface area contributed by atoms with E-state index in [2.05, 4.69) is 42.9 Å². The molecule has 1 aromatic heterocycles. The van der Waals surface area contributed by atoms with Crippen LogP contribution in [-0.2, 0) is 4.79 Å². The lowest BCUT2D eigenvalue weighted by Gasteiger charge is -2.20. The smallest absolute Gasteiger partial charge is 0.218 e. The molecule has 0 radical (unpaired) electrons. The summed E-state index contributed by atoms with van der Waals surface area (Å²) in [5.41, 5.74) is 5.89. The fraction of sp³-hybridized carbons (Fsp3) is 0.231. The molecular formula is C26H25N3O. The molecule has 3 aromatic rings. The maximum atomic E-state index is 11.8. The summed E-state index contributed by atoms with van der Waals surface area (Å²) < 4.78 is 2.02. The molecule has 1 fully saturated rings. The molecule has 0 spiro atoms. The third-order valence-electron chi connectivity index (χ3n) is 5.37. The van der Waals surface area contributed by atoms with Gasteiger partial charge in [0, 0.05) is 23.1 Å². The highest BCUT2D eigenvalue weighted by Gasteiger charge is 2.23. The van der Waals surface area contributed by atoms with Crippen molar-refractivity contribution in [3.8, 4) is 11.8 Å². The van der Waals surface area contributed by atoms with E-state index in [1.54, 1.807) is 4.90 Å². The van der Waals surface area contributed by atoms with Gasteiger partial charge in [-0.25, -0.2) is 0 Å². The van der Waals surface area contributed by atoms with E-state index in [0.29, 0.717) is 6.04 Å². The molecule has 0 unspecified atom stereocenters. The largest absolute Gasteiger partial charge is 0.287 e. The Bertz CT molecular complexity index is 1130. The van der Waals surface area contributed by atoms with E-state index in [4.69, 9.17) is 0 Å². The number of para-hydroxylation sites is 1. The van der Waals surface area contributed by atoms with E-state index >= 15 is 0 Å². The SMILES string of the molecule is CC/C(=C/c1cccc(C#Cc2cnn(C3CC3)c2)c1C)N(C=O)c1ccccc1. The molecule has 1 saturated carbocycles. The second-order valence-electron chi connectivity index (χ2n) is 7.51. The molecule has 1 aliphatic carbocycles. The highest BCUT2D eigenvalue weighted by molar-refractivity contribution is 5.82. The van der Waals surface area contributed by atoms with Crippen LogP contribution in [0.5, 0.6) is 0 Å². The molecular weight excluding hydrogens is 370 g/mol. The van der Waals surface area contributed by atoms with Crippen LogP contribution in [0.4, 0.5) is 5.69 Å². The van der Waals surface area contributed by atoms with E-state index < -0.39 is 0 Å². The van der Waals surface area contributed by atoms with Gasteiger partial charge in [0.05, 0.1) is 17.8 Å². The Morgan fingerprint density at radius 2 is 1.97 bits per heavy atom. The van der Waals surface area contributed by atoms with Crippen LogP contribution in [0.15, 0.2) is 66.6 Å². The molecule has 0 atom stereocenters. The zero-order chi connectivity index (χ0) is 20.9. The van der Waals surface area contributed by atoms with E-state index in [0.717, 1.165) is 46.5 Å². The number of hydrogen-bond donors (Lipinski definition) is 0. The monoisotopic (exact) mass is 395 g/mol. The first kappa shape index (κ1) is 19.7. The number of anilines is 1. The summed E-state index contributed by atoms with van der Waals surface area (Å²) in [6.07, 6.45) is 9.98. The minimum atomic E-state index is 0.564. The summed E-state index contributed by atoms with van der Waals surface area (Å²) in [6.45, 7) is 4.13. The third-order valence-corrected chi connectivity index (χ3v) is 5.37. The van der Waals surface area contributed by atoms with Crippen molar-refractivity contribution in [2.45, 2.75) is 39.2 Å². The molecule has 4 rings (SSSR count). The lowest BCUT2D eigenvalue weighted by molar-refractivity contribution is -0.107. The molecule has 0 saturated heterocycles. The molecule has 0 aliphatic heterocycles. The number of benzene rings is 2. The van der Waals surface area contributed by atoms with Crippen LogP contribution in [0.2, 0.25) is 0 Å². The van der Waals surface area contributed by atoms with Gasteiger partial charge in [0.2, 0.25) is 6.41 Å². The van der Waals surface area contributed by atoms with Gasteiger partial charge >= 0.3 is 0 Å². The number of rotatable bonds is 6. The molecule has 1 aliphatic rings. The number of nitrogens with zero attached hydrogens (tertiary/aromatic N) is 3. The molecule has 1 amide bonds. The minimum absolute atomic E-state index is 0.564. The summed E-state index contributed by atoms with van der Waals surface area (Å²) in [6, 6.07) is 16.4. The summed E-state index contributed by atoms with van der Waals surface area (Å²) in [5.74, 6) is 6.53. The zero-order valence-corrected chi connectivity index (χ0v) is 17.4. The van der Waals surface area contributed by atoms with Gasteiger partial charge in [-0.05, 0) is 61.6 Å². The van der Waals surface area contributed by atoms with Crippen LogP contribution in [-0.4, -0.2) is 16.2 Å². The molecule has 1 heterocycles. The van der Waals surface area contributed by atoms with Crippen LogP contribution in [0.3, 0.4) is 0 Å². The van der Waals surface area contributed by atoms with Crippen molar-refractivity contribution in [3.05, 3.63) is 88.9 Å². The van der Waals surface area contributed by atoms with Crippen molar-refractivity contribution in [2.75, 3.05) is 4.90 Å². The second kappa shape index (κ2) is 8.84. The van der Waals surface area contributed by atoms with E-state index in [9.17, 15) is 4.79 Å². The van der Waals surface area contributed by atoms with E-state index in [1.165, 1.54) is 12.8 Å². The molecule has 2 aromatic carbocycles. The van der Waals surface area contributed by atoms with Crippen molar-refractivity contribution in [3.63, 3.8) is 0 Å². The van der Waals surface area contributed by atoms with E-state index in [-0.39, 0.29) is 0 Å². The van der Waals surface area contributed by atoms with Crippen LogP contribution in [0.25, 0.3) is 6.08 Å². The van der Waals surface area contributed by atoms with Gasteiger partial charge in [0.15, 0.2) is 0 Å². The maximum Gasteiger partial charge on any atom is 0.218 e. The Hall–Kier alpha value is -3.58. The summed E-state index contributed by atoms with van der Waals surface area (Å²) in [7, 11) is 0. The van der Waals surface area contributed by atoms with Crippen LogP contribution in [0, 0.1) is 18.8 Å². The highest BCUT2D eigenvalue weighted by atomic mass is 16.1. The fourth-order valence-corrected chi connectivity index (χ4v) is 3.43. The van der Waals surface area contributed by atoms with Gasteiger partial charge in [-0.1, -0.05) is 49.1 Å². The molecule has 4 nitrogen and oxygen atoms in total. The van der Waals surface area contributed by atoms with Gasteiger partial charge in [-0.15, -0.1) is 0 Å². The Kier molecular flexibility index (Phi) is 5.81. The van der Waals surface area contributed by atoms with Crippen molar-refractivity contribution < 1.29 is 4.79 Å².